The summed E-state index contributed by atoms with van der Waals surface area (Å²) in [5.41, 5.74) is 0.945. The first kappa shape index (κ1) is 15.7. The number of carbonyl (C=O) groups excluding carboxylic acids is 1. The monoisotopic (exact) mass is 298 g/mol. The number of hydrogen-bond acceptors (Lipinski definition) is 7. The molecule has 1 fully saturated rings. The third-order valence-electron chi connectivity index (χ3n) is 2.56. The molecule has 0 spiro atoms. The number of ether oxygens (including phenoxy) is 6. The molecule has 0 saturated carbocycles. The molecule has 1 heterocycles. The Bertz CT molecular complexity index is 427. The molecule has 0 N–H and O–H groups in total. The Hall–Kier alpha value is -1.67. The van der Waals surface area contributed by atoms with E-state index in [-0.39, 0.29) is 19.7 Å². The smallest absolute Gasteiger partial charge is 0.407 e. The summed E-state index contributed by atoms with van der Waals surface area (Å²) in [5, 5.41) is 0. The zero-order valence-electron chi connectivity index (χ0n) is 11.8. The van der Waals surface area contributed by atoms with Gasteiger partial charge < -0.3 is 28.4 Å². The lowest BCUT2D eigenvalue weighted by molar-refractivity contribution is -0.0390. The zero-order chi connectivity index (χ0) is 14.9. The highest BCUT2D eigenvalue weighted by molar-refractivity contribution is 5.63. The predicted octanol–water partition coefficient (Wildman–Crippen LogP) is 1.70. The fourth-order valence-electron chi connectivity index (χ4n) is 1.46. The minimum Gasteiger partial charge on any atom is -0.407 e. The van der Waals surface area contributed by atoms with Gasteiger partial charge in [-0.2, -0.15) is 0 Å². The molecule has 7 nitrogen and oxygen atoms in total. The standard InChI is InChI=1S/C14H18O7/c1-16-9-17-6-11-2-4-12(5-3-11)21-14(15)20-10-18-7-13-8-19-13/h2-5,13H,6-10H2,1H3. The molecule has 0 radical (unpaired) electrons. The van der Waals surface area contributed by atoms with E-state index >= 15 is 0 Å². The van der Waals surface area contributed by atoms with Gasteiger partial charge in [-0.15, -0.1) is 0 Å². The van der Waals surface area contributed by atoms with E-state index in [1.807, 2.05) is 0 Å². The third kappa shape index (κ3) is 6.54. The van der Waals surface area contributed by atoms with Crippen molar-refractivity contribution in [2.45, 2.75) is 12.7 Å². The van der Waals surface area contributed by atoms with Gasteiger partial charge >= 0.3 is 6.16 Å². The topological polar surface area (TPSA) is 75.8 Å². The lowest BCUT2D eigenvalue weighted by atomic mass is 10.2. The molecule has 1 unspecified atom stereocenters. The maximum absolute atomic E-state index is 11.4. The maximum atomic E-state index is 11.4. The van der Waals surface area contributed by atoms with Crippen LogP contribution in [0.15, 0.2) is 24.3 Å². The van der Waals surface area contributed by atoms with Crippen LogP contribution in [-0.2, 0) is 30.3 Å². The van der Waals surface area contributed by atoms with Crippen LogP contribution in [0.2, 0.25) is 0 Å². The van der Waals surface area contributed by atoms with Crippen molar-refractivity contribution in [3.05, 3.63) is 29.8 Å². The van der Waals surface area contributed by atoms with Gasteiger partial charge in [0.15, 0.2) is 6.79 Å². The van der Waals surface area contributed by atoms with Crippen LogP contribution < -0.4 is 4.74 Å². The zero-order valence-corrected chi connectivity index (χ0v) is 11.8. The quantitative estimate of drug-likeness (QED) is 0.226. The summed E-state index contributed by atoms with van der Waals surface area (Å²) in [7, 11) is 1.56. The fourth-order valence-corrected chi connectivity index (χ4v) is 1.46. The molecule has 116 valence electrons. The Morgan fingerprint density at radius 2 is 2.00 bits per heavy atom. The van der Waals surface area contributed by atoms with Gasteiger partial charge in [-0.25, -0.2) is 4.79 Å². The van der Waals surface area contributed by atoms with Crippen molar-refractivity contribution in [1.29, 1.82) is 0 Å². The van der Waals surface area contributed by atoms with Crippen LogP contribution in [0.3, 0.4) is 0 Å². The molecule has 7 heteroatoms. The minimum absolute atomic E-state index is 0.137. The Balaban J connectivity index is 1.62. The number of hydrogen-bond donors (Lipinski definition) is 0. The van der Waals surface area contributed by atoms with Gasteiger partial charge in [-0.3, -0.25) is 0 Å². The summed E-state index contributed by atoms with van der Waals surface area (Å²) >= 11 is 0. The van der Waals surface area contributed by atoms with Crippen LogP contribution in [0.25, 0.3) is 0 Å². The van der Waals surface area contributed by atoms with E-state index in [4.69, 9.17) is 28.4 Å². The molecular formula is C14H18O7. The first-order chi connectivity index (χ1) is 10.3. The van der Waals surface area contributed by atoms with Gasteiger partial charge in [-0.1, -0.05) is 12.1 Å². The van der Waals surface area contributed by atoms with Gasteiger partial charge in [0.25, 0.3) is 0 Å². The molecule has 21 heavy (non-hydrogen) atoms. The van der Waals surface area contributed by atoms with E-state index in [1.54, 1.807) is 31.4 Å². The average Bonchev–Trinajstić information content (AvgIpc) is 3.30. The number of rotatable bonds is 9. The highest BCUT2D eigenvalue weighted by atomic mass is 16.8. The number of methoxy groups -OCH3 is 1. The van der Waals surface area contributed by atoms with E-state index in [2.05, 4.69) is 0 Å². The largest absolute Gasteiger partial charge is 0.515 e. The van der Waals surface area contributed by atoms with Crippen LogP contribution >= 0.6 is 0 Å². The summed E-state index contributed by atoms with van der Waals surface area (Å²) < 4.78 is 29.7. The van der Waals surface area contributed by atoms with Gasteiger partial charge in [0.05, 0.1) is 19.8 Å². The van der Waals surface area contributed by atoms with Gasteiger partial charge in [0.2, 0.25) is 0 Å². The van der Waals surface area contributed by atoms with Crippen molar-refractivity contribution in [3.8, 4) is 5.75 Å². The Labute approximate surface area is 122 Å². The number of epoxide rings is 1. The van der Waals surface area contributed by atoms with E-state index in [0.717, 1.165) is 5.56 Å². The summed E-state index contributed by atoms with van der Waals surface area (Å²) in [4.78, 5) is 11.4. The predicted molar refractivity (Wildman–Crippen MR) is 70.8 cm³/mol. The lowest BCUT2D eigenvalue weighted by Crippen LogP contribution is -2.14. The number of carbonyl (C=O) groups is 1. The van der Waals surface area contributed by atoms with E-state index in [0.29, 0.717) is 25.6 Å². The molecule has 0 amide bonds. The average molecular weight is 298 g/mol. The van der Waals surface area contributed by atoms with Crippen LogP contribution in [-0.4, -0.2) is 46.2 Å². The van der Waals surface area contributed by atoms with E-state index in [1.165, 1.54) is 0 Å². The molecular weight excluding hydrogens is 280 g/mol. The van der Waals surface area contributed by atoms with Crippen molar-refractivity contribution >= 4 is 6.16 Å². The first-order valence-electron chi connectivity index (χ1n) is 6.47. The molecule has 1 saturated heterocycles. The molecule has 0 bridgehead atoms. The maximum Gasteiger partial charge on any atom is 0.515 e. The molecule has 1 aliphatic heterocycles. The second-order valence-electron chi connectivity index (χ2n) is 4.34. The van der Waals surface area contributed by atoms with Crippen molar-refractivity contribution in [1.82, 2.24) is 0 Å². The van der Waals surface area contributed by atoms with Crippen LogP contribution in [0.5, 0.6) is 5.75 Å². The van der Waals surface area contributed by atoms with Crippen molar-refractivity contribution < 1.29 is 33.2 Å². The van der Waals surface area contributed by atoms with Crippen LogP contribution in [0.1, 0.15) is 5.56 Å². The third-order valence-corrected chi connectivity index (χ3v) is 2.56. The molecule has 2 rings (SSSR count). The van der Waals surface area contributed by atoms with Gasteiger partial charge in [0.1, 0.15) is 18.6 Å². The van der Waals surface area contributed by atoms with Crippen LogP contribution in [0.4, 0.5) is 4.79 Å². The second-order valence-corrected chi connectivity index (χ2v) is 4.34. The second kappa shape index (κ2) is 8.58. The normalized spacial score (nSPS) is 16.5. The number of benzene rings is 1. The van der Waals surface area contributed by atoms with Crippen molar-refractivity contribution in [2.75, 3.05) is 33.9 Å². The van der Waals surface area contributed by atoms with E-state index < -0.39 is 6.16 Å². The molecule has 1 atom stereocenters. The summed E-state index contributed by atoms with van der Waals surface area (Å²) in [6.45, 7) is 1.63. The van der Waals surface area contributed by atoms with Crippen molar-refractivity contribution in [2.24, 2.45) is 0 Å². The summed E-state index contributed by atoms with van der Waals surface area (Å²) in [6, 6.07) is 6.90. The van der Waals surface area contributed by atoms with Gasteiger partial charge in [0, 0.05) is 7.11 Å². The molecule has 1 aromatic carbocycles. The summed E-state index contributed by atoms with van der Waals surface area (Å²) in [5.74, 6) is 0.390. The van der Waals surface area contributed by atoms with Crippen molar-refractivity contribution in [3.63, 3.8) is 0 Å². The molecule has 0 aliphatic carbocycles. The van der Waals surface area contributed by atoms with Gasteiger partial charge in [-0.05, 0) is 17.7 Å². The highest BCUT2D eigenvalue weighted by Crippen LogP contribution is 2.14. The minimum atomic E-state index is -0.810. The lowest BCUT2D eigenvalue weighted by Gasteiger charge is -2.07. The fraction of sp³-hybridized carbons (Fsp3) is 0.500. The Morgan fingerprint density at radius 1 is 1.24 bits per heavy atom. The van der Waals surface area contributed by atoms with E-state index in [9.17, 15) is 4.79 Å². The molecule has 1 aliphatic rings. The van der Waals surface area contributed by atoms with Crippen LogP contribution in [0, 0.1) is 0 Å². The Morgan fingerprint density at radius 3 is 2.67 bits per heavy atom. The summed E-state index contributed by atoms with van der Waals surface area (Å²) in [6.07, 6.45) is -0.674. The molecule has 1 aromatic rings. The SMILES string of the molecule is COCOCc1ccc(OC(=O)OCOCC2CO2)cc1. The first-order valence-corrected chi connectivity index (χ1v) is 6.47. The Kier molecular flexibility index (Phi) is 6.42. The highest BCUT2D eigenvalue weighted by Gasteiger charge is 2.22. The molecule has 0 aromatic heterocycles.